The highest BCUT2D eigenvalue weighted by atomic mass is 19.1. The van der Waals surface area contributed by atoms with Crippen LogP contribution in [0.3, 0.4) is 0 Å². The van der Waals surface area contributed by atoms with E-state index >= 15 is 0 Å². The standard InChI is InChI=1S/C19H17FN4O2/c1-26-17-5-3-2-4-13(17)18-14-11-24(9-7-16(14)22-23-18)19(25)12-6-8-21-10-15(12)20/h2-6,8,10H,7,9,11H2,1H3,(H,22,23). The molecule has 1 aliphatic rings. The van der Waals surface area contributed by atoms with Crippen LogP contribution >= 0.6 is 0 Å². The molecule has 7 heteroatoms. The van der Waals surface area contributed by atoms with Crippen LogP contribution in [-0.2, 0) is 13.0 Å². The maximum Gasteiger partial charge on any atom is 0.257 e. The summed E-state index contributed by atoms with van der Waals surface area (Å²) >= 11 is 0. The average Bonchev–Trinajstić information content (AvgIpc) is 3.10. The van der Waals surface area contributed by atoms with Crippen LogP contribution in [-0.4, -0.2) is 39.6 Å². The minimum absolute atomic E-state index is 0.0331. The first-order valence-corrected chi connectivity index (χ1v) is 8.27. The van der Waals surface area contributed by atoms with Crippen molar-refractivity contribution in [2.24, 2.45) is 0 Å². The molecule has 6 nitrogen and oxygen atoms in total. The molecule has 132 valence electrons. The molecular formula is C19H17FN4O2. The van der Waals surface area contributed by atoms with Crippen molar-refractivity contribution in [3.8, 4) is 17.0 Å². The minimum Gasteiger partial charge on any atom is -0.496 e. The maximum absolute atomic E-state index is 13.9. The smallest absolute Gasteiger partial charge is 0.257 e. The topological polar surface area (TPSA) is 71.1 Å². The Labute approximate surface area is 149 Å². The van der Waals surface area contributed by atoms with Gasteiger partial charge < -0.3 is 9.64 Å². The van der Waals surface area contributed by atoms with E-state index in [0.29, 0.717) is 25.3 Å². The van der Waals surface area contributed by atoms with Gasteiger partial charge in [0.1, 0.15) is 11.4 Å². The van der Waals surface area contributed by atoms with E-state index in [4.69, 9.17) is 4.74 Å². The molecular weight excluding hydrogens is 335 g/mol. The number of fused-ring (bicyclic) bond motifs is 1. The van der Waals surface area contributed by atoms with Crippen molar-refractivity contribution in [3.63, 3.8) is 0 Å². The van der Waals surface area contributed by atoms with E-state index in [2.05, 4.69) is 15.2 Å². The second kappa shape index (κ2) is 6.59. The summed E-state index contributed by atoms with van der Waals surface area (Å²) in [4.78, 5) is 18.1. The number of carbonyl (C=O) groups is 1. The number of aromatic nitrogens is 3. The number of H-pyrrole nitrogens is 1. The number of amides is 1. The number of para-hydroxylation sites is 1. The first-order valence-electron chi connectivity index (χ1n) is 8.27. The largest absolute Gasteiger partial charge is 0.496 e. The van der Waals surface area contributed by atoms with Crippen LogP contribution in [0.1, 0.15) is 21.6 Å². The van der Waals surface area contributed by atoms with Gasteiger partial charge in [0.05, 0.1) is 18.9 Å². The van der Waals surface area contributed by atoms with Crippen molar-refractivity contribution in [3.05, 3.63) is 65.4 Å². The fourth-order valence-corrected chi connectivity index (χ4v) is 3.25. The zero-order valence-electron chi connectivity index (χ0n) is 14.2. The monoisotopic (exact) mass is 352 g/mol. The number of nitrogens with one attached hydrogen (secondary N) is 1. The summed E-state index contributed by atoms with van der Waals surface area (Å²) in [7, 11) is 1.61. The maximum atomic E-state index is 13.9. The summed E-state index contributed by atoms with van der Waals surface area (Å²) in [6, 6.07) is 9.01. The summed E-state index contributed by atoms with van der Waals surface area (Å²) in [6.45, 7) is 0.862. The lowest BCUT2D eigenvalue weighted by molar-refractivity contribution is 0.0729. The zero-order valence-corrected chi connectivity index (χ0v) is 14.2. The Kier molecular flexibility index (Phi) is 4.12. The molecule has 1 aromatic carbocycles. The van der Waals surface area contributed by atoms with Crippen LogP contribution in [0.2, 0.25) is 0 Å². The second-order valence-corrected chi connectivity index (χ2v) is 6.06. The van der Waals surface area contributed by atoms with E-state index < -0.39 is 5.82 Å². The predicted octanol–water partition coefficient (Wildman–Crippen LogP) is 2.82. The van der Waals surface area contributed by atoms with Crippen LogP contribution in [0.5, 0.6) is 5.75 Å². The van der Waals surface area contributed by atoms with Gasteiger partial charge in [-0.15, -0.1) is 0 Å². The van der Waals surface area contributed by atoms with Crippen molar-refractivity contribution >= 4 is 5.91 Å². The fourth-order valence-electron chi connectivity index (χ4n) is 3.25. The van der Waals surface area contributed by atoms with Gasteiger partial charge in [-0.05, 0) is 18.2 Å². The predicted molar refractivity (Wildman–Crippen MR) is 93.2 cm³/mol. The number of methoxy groups -OCH3 is 1. The number of hydrogen-bond donors (Lipinski definition) is 1. The number of carbonyl (C=O) groups excluding carboxylic acids is 1. The normalized spacial score (nSPS) is 13.4. The Bertz CT molecular complexity index is 970. The molecule has 1 aliphatic heterocycles. The fraction of sp³-hybridized carbons (Fsp3) is 0.211. The first-order chi connectivity index (χ1) is 12.7. The van der Waals surface area contributed by atoms with E-state index in [1.807, 2.05) is 24.3 Å². The Morgan fingerprint density at radius 2 is 2.15 bits per heavy atom. The van der Waals surface area contributed by atoms with E-state index in [0.717, 1.165) is 28.7 Å². The molecule has 3 heterocycles. The number of halogens is 1. The summed E-state index contributed by atoms with van der Waals surface area (Å²) in [5, 5.41) is 7.49. The number of pyridine rings is 1. The quantitative estimate of drug-likeness (QED) is 0.787. The number of rotatable bonds is 3. The van der Waals surface area contributed by atoms with Crippen LogP contribution < -0.4 is 4.74 Å². The molecule has 0 unspecified atom stereocenters. The van der Waals surface area contributed by atoms with E-state index in [-0.39, 0.29) is 11.5 Å². The summed E-state index contributed by atoms with van der Waals surface area (Å²) < 4.78 is 19.4. The lowest BCUT2D eigenvalue weighted by Crippen LogP contribution is -2.36. The molecule has 0 spiro atoms. The molecule has 0 fully saturated rings. The Hall–Kier alpha value is -3.22. The number of nitrogens with zero attached hydrogens (tertiary/aromatic N) is 3. The van der Waals surface area contributed by atoms with Crippen molar-refractivity contribution in [2.45, 2.75) is 13.0 Å². The van der Waals surface area contributed by atoms with Gasteiger partial charge in [-0.3, -0.25) is 14.9 Å². The SMILES string of the molecule is COc1ccccc1-c1n[nH]c2c1CN(C(=O)c1ccncc1F)CC2. The summed E-state index contributed by atoms with van der Waals surface area (Å²) in [5.74, 6) is -0.242. The number of benzene rings is 1. The molecule has 0 radical (unpaired) electrons. The molecule has 4 rings (SSSR count). The average molecular weight is 352 g/mol. The number of ether oxygens (including phenoxy) is 1. The highest BCUT2D eigenvalue weighted by Gasteiger charge is 2.28. The first kappa shape index (κ1) is 16.3. The highest BCUT2D eigenvalue weighted by molar-refractivity contribution is 5.94. The second-order valence-electron chi connectivity index (χ2n) is 6.06. The van der Waals surface area contributed by atoms with Gasteiger partial charge in [-0.25, -0.2) is 4.39 Å². The van der Waals surface area contributed by atoms with Crippen LogP contribution in [0.4, 0.5) is 4.39 Å². The Morgan fingerprint density at radius 1 is 1.31 bits per heavy atom. The summed E-state index contributed by atoms with van der Waals surface area (Å²) in [6.07, 6.45) is 3.11. The Balaban J connectivity index is 1.68. The Morgan fingerprint density at radius 3 is 2.96 bits per heavy atom. The van der Waals surface area contributed by atoms with E-state index in [9.17, 15) is 9.18 Å². The van der Waals surface area contributed by atoms with Gasteiger partial charge >= 0.3 is 0 Å². The molecule has 0 aliphatic carbocycles. The van der Waals surface area contributed by atoms with Gasteiger partial charge in [0.2, 0.25) is 0 Å². The summed E-state index contributed by atoms with van der Waals surface area (Å²) in [5.41, 5.74) is 3.57. The van der Waals surface area contributed by atoms with E-state index in [1.54, 1.807) is 12.0 Å². The lowest BCUT2D eigenvalue weighted by atomic mass is 10.00. The van der Waals surface area contributed by atoms with Gasteiger partial charge in [-0.1, -0.05) is 12.1 Å². The number of aromatic amines is 1. The third kappa shape index (κ3) is 2.71. The van der Waals surface area contributed by atoms with Gasteiger partial charge in [0.25, 0.3) is 5.91 Å². The van der Waals surface area contributed by atoms with Crippen molar-refractivity contribution in [1.82, 2.24) is 20.1 Å². The van der Waals surface area contributed by atoms with Crippen LogP contribution in [0.25, 0.3) is 11.3 Å². The molecule has 3 aromatic rings. The molecule has 0 atom stereocenters. The third-order valence-corrected chi connectivity index (χ3v) is 4.59. The zero-order chi connectivity index (χ0) is 18.1. The molecule has 1 amide bonds. The van der Waals surface area contributed by atoms with Crippen molar-refractivity contribution < 1.29 is 13.9 Å². The highest BCUT2D eigenvalue weighted by Crippen LogP contribution is 2.34. The molecule has 0 saturated carbocycles. The van der Waals surface area contributed by atoms with E-state index in [1.165, 1.54) is 12.3 Å². The van der Waals surface area contributed by atoms with Gasteiger partial charge in [-0.2, -0.15) is 5.10 Å². The molecule has 2 aromatic heterocycles. The lowest BCUT2D eigenvalue weighted by Gasteiger charge is -2.27. The molecule has 26 heavy (non-hydrogen) atoms. The van der Waals surface area contributed by atoms with Crippen molar-refractivity contribution in [1.29, 1.82) is 0 Å². The molecule has 0 bridgehead atoms. The van der Waals surface area contributed by atoms with Crippen LogP contribution in [0, 0.1) is 5.82 Å². The molecule has 0 saturated heterocycles. The number of hydrogen-bond acceptors (Lipinski definition) is 4. The molecule has 1 N–H and O–H groups in total. The third-order valence-electron chi connectivity index (χ3n) is 4.59. The van der Waals surface area contributed by atoms with Crippen molar-refractivity contribution in [2.75, 3.05) is 13.7 Å². The van der Waals surface area contributed by atoms with Gasteiger partial charge in [0, 0.05) is 42.5 Å². The van der Waals surface area contributed by atoms with Gasteiger partial charge in [0.15, 0.2) is 5.82 Å². The minimum atomic E-state index is -0.611. The van der Waals surface area contributed by atoms with Crippen LogP contribution in [0.15, 0.2) is 42.7 Å².